The quantitative estimate of drug-likeness (QED) is 0.871. The van der Waals surface area contributed by atoms with E-state index in [-0.39, 0.29) is 0 Å². The van der Waals surface area contributed by atoms with E-state index in [1.165, 1.54) is 61.4 Å². The number of nitrogens with zero attached hydrogens (tertiary/aromatic N) is 4. The summed E-state index contributed by atoms with van der Waals surface area (Å²) in [6.45, 7) is 10.4. The molecule has 0 saturated carbocycles. The molecule has 1 aromatic carbocycles. The Bertz CT molecular complexity index is 677. The summed E-state index contributed by atoms with van der Waals surface area (Å²) in [4.78, 5) is 5.31. The summed E-state index contributed by atoms with van der Waals surface area (Å²) in [6.07, 6.45) is 6.66. The van der Waals surface area contributed by atoms with Crippen LogP contribution in [0.3, 0.4) is 0 Å². The van der Waals surface area contributed by atoms with Crippen molar-refractivity contribution in [3.05, 3.63) is 47.3 Å². The molecular weight excluding hydrogens is 284 g/mol. The van der Waals surface area contributed by atoms with Gasteiger partial charge in [-0.2, -0.15) is 5.10 Å². The molecule has 4 heteroatoms. The van der Waals surface area contributed by atoms with E-state index in [2.05, 4.69) is 47.1 Å². The molecule has 4 rings (SSSR count). The Hall–Kier alpha value is -1.65. The maximum absolute atomic E-state index is 4.47. The molecule has 0 bridgehead atoms. The van der Waals surface area contributed by atoms with Gasteiger partial charge in [0, 0.05) is 44.6 Å². The maximum Gasteiger partial charge on any atom is 0.0719 e. The number of benzene rings is 1. The van der Waals surface area contributed by atoms with Gasteiger partial charge in [-0.3, -0.25) is 9.80 Å². The third-order valence-corrected chi connectivity index (χ3v) is 5.32. The van der Waals surface area contributed by atoms with Crippen LogP contribution in [0.25, 0.3) is 5.69 Å². The highest BCUT2D eigenvalue weighted by molar-refractivity contribution is 5.49. The molecule has 2 aliphatic rings. The highest BCUT2D eigenvalue weighted by Crippen LogP contribution is 2.26. The fourth-order valence-electron chi connectivity index (χ4n) is 4.34. The van der Waals surface area contributed by atoms with Crippen LogP contribution in [0.15, 0.2) is 30.6 Å². The van der Waals surface area contributed by atoms with Crippen molar-refractivity contribution in [2.75, 3.05) is 26.2 Å². The largest absolute Gasteiger partial charge is 0.298 e. The van der Waals surface area contributed by atoms with Gasteiger partial charge < -0.3 is 0 Å². The molecule has 0 spiro atoms. The van der Waals surface area contributed by atoms with Gasteiger partial charge >= 0.3 is 0 Å². The smallest absolute Gasteiger partial charge is 0.0719 e. The van der Waals surface area contributed by atoms with E-state index >= 15 is 0 Å². The predicted molar refractivity (Wildman–Crippen MR) is 92.9 cm³/mol. The Morgan fingerprint density at radius 3 is 2.91 bits per heavy atom. The number of hydrogen-bond acceptors (Lipinski definition) is 3. The van der Waals surface area contributed by atoms with Crippen molar-refractivity contribution in [2.45, 2.75) is 39.3 Å². The van der Waals surface area contributed by atoms with Crippen LogP contribution in [-0.2, 0) is 6.54 Å². The predicted octanol–water partition coefficient (Wildman–Crippen LogP) is 2.77. The molecule has 1 atom stereocenters. The van der Waals surface area contributed by atoms with E-state index in [0.717, 1.165) is 12.6 Å². The lowest BCUT2D eigenvalue weighted by molar-refractivity contribution is 0.0993. The van der Waals surface area contributed by atoms with Crippen LogP contribution in [0.5, 0.6) is 0 Å². The fourth-order valence-corrected chi connectivity index (χ4v) is 4.34. The van der Waals surface area contributed by atoms with Gasteiger partial charge in [0.15, 0.2) is 0 Å². The first-order valence-electron chi connectivity index (χ1n) is 8.77. The molecule has 1 unspecified atom stereocenters. The van der Waals surface area contributed by atoms with E-state index in [0.29, 0.717) is 0 Å². The summed E-state index contributed by atoms with van der Waals surface area (Å²) >= 11 is 0. The first kappa shape index (κ1) is 14.9. The van der Waals surface area contributed by atoms with Gasteiger partial charge in [-0.05, 0) is 50.4 Å². The topological polar surface area (TPSA) is 24.3 Å². The number of rotatable bonds is 3. The molecule has 2 fully saturated rings. The molecule has 3 heterocycles. The second-order valence-electron chi connectivity index (χ2n) is 7.11. The Labute approximate surface area is 138 Å². The summed E-state index contributed by atoms with van der Waals surface area (Å²) in [5, 5.41) is 4.47. The first-order valence-corrected chi connectivity index (χ1v) is 8.77. The summed E-state index contributed by atoms with van der Waals surface area (Å²) < 4.78 is 2.02. The Morgan fingerprint density at radius 1 is 1.17 bits per heavy atom. The normalized spacial score (nSPS) is 22.4. The van der Waals surface area contributed by atoms with Crippen LogP contribution in [0.1, 0.15) is 29.5 Å². The van der Waals surface area contributed by atoms with Gasteiger partial charge in [-0.1, -0.05) is 17.7 Å². The molecule has 122 valence electrons. The van der Waals surface area contributed by atoms with Crippen molar-refractivity contribution in [3.8, 4) is 5.69 Å². The van der Waals surface area contributed by atoms with Gasteiger partial charge in [-0.25, -0.2) is 4.68 Å². The van der Waals surface area contributed by atoms with Crippen LogP contribution in [0.4, 0.5) is 0 Å². The number of aryl methyl sites for hydroxylation is 2. The summed E-state index contributed by atoms with van der Waals surface area (Å²) in [5.41, 5.74) is 5.31. The minimum atomic E-state index is 0.780. The maximum atomic E-state index is 4.47. The number of hydrogen-bond donors (Lipinski definition) is 0. The van der Waals surface area contributed by atoms with Crippen molar-refractivity contribution < 1.29 is 0 Å². The standard InChI is InChI=1S/C19H26N4/c1-15-11-16(2)19(23-8-4-6-20-23)17(12-15)13-21-9-10-22-7-3-5-18(22)14-21/h4,6,8,11-12,18H,3,5,7,9-10,13-14H2,1-2H3. The van der Waals surface area contributed by atoms with Crippen molar-refractivity contribution >= 4 is 0 Å². The SMILES string of the molecule is Cc1cc(C)c(-n2cccn2)c(CN2CCN3CCCC3C2)c1. The van der Waals surface area contributed by atoms with E-state index in [1.54, 1.807) is 0 Å². The minimum absolute atomic E-state index is 0.780. The monoisotopic (exact) mass is 310 g/mol. The van der Waals surface area contributed by atoms with Gasteiger partial charge in [-0.15, -0.1) is 0 Å². The Kier molecular flexibility index (Phi) is 3.95. The molecule has 0 N–H and O–H groups in total. The van der Waals surface area contributed by atoms with E-state index in [1.807, 2.05) is 16.9 Å². The molecule has 23 heavy (non-hydrogen) atoms. The molecule has 1 aromatic heterocycles. The molecule has 0 amide bonds. The second kappa shape index (κ2) is 6.10. The second-order valence-corrected chi connectivity index (χ2v) is 7.11. The van der Waals surface area contributed by atoms with Crippen LogP contribution < -0.4 is 0 Å². The molecule has 0 aliphatic carbocycles. The van der Waals surface area contributed by atoms with E-state index < -0.39 is 0 Å². The Balaban J connectivity index is 1.61. The number of aromatic nitrogens is 2. The molecule has 2 aromatic rings. The van der Waals surface area contributed by atoms with Gasteiger partial charge in [0.2, 0.25) is 0 Å². The average Bonchev–Trinajstić information content (AvgIpc) is 3.17. The molecule has 2 aliphatic heterocycles. The summed E-state index contributed by atoms with van der Waals surface area (Å²) in [5.74, 6) is 0. The minimum Gasteiger partial charge on any atom is -0.298 e. The van der Waals surface area contributed by atoms with Crippen molar-refractivity contribution in [1.29, 1.82) is 0 Å². The van der Waals surface area contributed by atoms with Crippen LogP contribution in [-0.4, -0.2) is 51.8 Å². The third-order valence-electron chi connectivity index (χ3n) is 5.32. The molecule has 0 radical (unpaired) electrons. The van der Waals surface area contributed by atoms with E-state index in [4.69, 9.17) is 0 Å². The lowest BCUT2D eigenvalue weighted by Crippen LogP contribution is -2.49. The lowest BCUT2D eigenvalue weighted by Gasteiger charge is -2.37. The molecule has 4 nitrogen and oxygen atoms in total. The van der Waals surface area contributed by atoms with Crippen LogP contribution in [0, 0.1) is 13.8 Å². The lowest BCUT2D eigenvalue weighted by atomic mass is 10.0. The van der Waals surface area contributed by atoms with Crippen molar-refractivity contribution in [1.82, 2.24) is 19.6 Å². The van der Waals surface area contributed by atoms with Crippen LogP contribution >= 0.6 is 0 Å². The summed E-state index contributed by atoms with van der Waals surface area (Å²) in [7, 11) is 0. The van der Waals surface area contributed by atoms with Crippen molar-refractivity contribution in [3.63, 3.8) is 0 Å². The van der Waals surface area contributed by atoms with Gasteiger partial charge in [0.05, 0.1) is 5.69 Å². The zero-order valence-electron chi connectivity index (χ0n) is 14.2. The zero-order chi connectivity index (χ0) is 15.8. The van der Waals surface area contributed by atoms with E-state index in [9.17, 15) is 0 Å². The fraction of sp³-hybridized carbons (Fsp3) is 0.526. The van der Waals surface area contributed by atoms with Gasteiger partial charge in [0.1, 0.15) is 0 Å². The summed E-state index contributed by atoms with van der Waals surface area (Å²) in [6, 6.07) is 7.38. The van der Waals surface area contributed by atoms with Crippen LogP contribution in [0.2, 0.25) is 0 Å². The highest BCUT2D eigenvalue weighted by atomic mass is 15.3. The van der Waals surface area contributed by atoms with Gasteiger partial charge in [0.25, 0.3) is 0 Å². The zero-order valence-corrected chi connectivity index (χ0v) is 14.2. The number of piperazine rings is 1. The number of fused-ring (bicyclic) bond motifs is 1. The third kappa shape index (κ3) is 2.93. The Morgan fingerprint density at radius 2 is 2.09 bits per heavy atom. The average molecular weight is 310 g/mol. The molecule has 2 saturated heterocycles. The van der Waals surface area contributed by atoms with Crippen molar-refractivity contribution in [2.24, 2.45) is 0 Å². The molecular formula is C19H26N4. The first-order chi connectivity index (χ1) is 11.2. The highest BCUT2D eigenvalue weighted by Gasteiger charge is 2.30.